The predicted molar refractivity (Wildman–Crippen MR) is 172 cm³/mol. The van der Waals surface area contributed by atoms with Crippen molar-refractivity contribution < 1.29 is 20.1 Å². The Bertz CT molecular complexity index is 1800. The second-order valence-corrected chi connectivity index (χ2v) is 12.5. The van der Waals surface area contributed by atoms with Gasteiger partial charge in [0, 0.05) is 43.0 Å². The third-order valence-electron chi connectivity index (χ3n) is 9.14. The van der Waals surface area contributed by atoms with Crippen molar-refractivity contribution in [2.24, 2.45) is 0 Å². The van der Waals surface area contributed by atoms with Gasteiger partial charge in [-0.2, -0.15) is 0 Å². The Morgan fingerprint density at radius 1 is 0.727 bits per heavy atom. The second-order valence-electron chi connectivity index (χ2n) is 12.5. The molecule has 2 bridgehead atoms. The first-order valence-corrected chi connectivity index (χ1v) is 15.3. The molecule has 2 atom stereocenters. The van der Waals surface area contributed by atoms with E-state index in [4.69, 9.17) is 26.5 Å². The van der Waals surface area contributed by atoms with E-state index in [2.05, 4.69) is 99.3 Å². The molecule has 1 saturated carbocycles. The number of benzene rings is 3. The third-order valence-corrected chi connectivity index (χ3v) is 9.14. The summed E-state index contributed by atoms with van der Waals surface area (Å²) in [6, 6.07) is 26.5. The minimum absolute atomic E-state index is 0. The average molecular weight is 753 g/mol. The molecule has 1 radical (unpaired) electrons. The Kier molecular flexibility index (Phi) is 8.29. The van der Waals surface area contributed by atoms with Gasteiger partial charge in [-0.05, 0) is 53.3 Å². The van der Waals surface area contributed by atoms with E-state index in [1.54, 1.807) is 6.20 Å². The van der Waals surface area contributed by atoms with Crippen LogP contribution in [-0.4, -0.2) is 19.9 Å². The van der Waals surface area contributed by atoms with Crippen molar-refractivity contribution in [2.75, 3.05) is 0 Å². The summed E-state index contributed by atoms with van der Waals surface area (Å²) in [5, 5.41) is 0. The molecule has 2 unspecified atom stereocenters. The minimum Gasteiger partial charge on any atom is -0.316 e. The molecule has 1 fully saturated rings. The Balaban J connectivity index is 0.00000343. The summed E-state index contributed by atoms with van der Waals surface area (Å²) in [5.74, 6) is 3.88. The third kappa shape index (κ3) is 5.52. The maximum atomic E-state index is 8.01. The van der Waals surface area contributed by atoms with Crippen LogP contribution in [0.3, 0.4) is 0 Å². The van der Waals surface area contributed by atoms with Crippen molar-refractivity contribution >= 4 is 5.69 Å². The molecule has 0 N–H and O–H groups in total. The van der Waals surface area contributed by atoms with Crippen LogP contribution < -0.4 is 0 Å². The topological polar surface area (TPSA) is 55.9 Å². The Labute approximate surface area is 273 Å². The van der Waals surface area contributed by atoms with Gasteiger partial charge in [0.2, 0.25) is 0 Å². The van der Waals surface area contributed by atoms with E-state index in [0.29, 0.717) is 58.1 Å². The van der Waals surface area contributed by atoms with Gasteiger partial charge >= 0.3 is 0 Å². The van der Waals surface area contributed by atoms with Crippen molar-refractivity contribution in [1.29, 1.82) is 0 Å². The zero-order valence-corrected chi connectivity index (χ0v) is 27.8. The number of aromatic nitrogens is 4. The van der Waals surface area contributed by atoms with Crippen LogP contribution >= 0.6 is 0 Å². The summed E-state index contributed by atoms with van der Waals surface area (Å²) >= 11 is 0. The molecule has 221 valence electrons. The van der Waals surface area contributed by atoms with Crippen molar-refractivity contribution in [3.05, 3.63) is 113 Å². The molecule has 2 aliphatic carbocycles. The predicted octanol–water partition coefficient (Wildman–Crippen LogP) is 9.89. The molecule has 5 nitrogen and oxygen atoms in total. The van der Waals surface area contributed by atoms with Crippen molar-refractivity contribution in [3.63, 3.8) is 0 Å². The van der Waals surface area contributed by atoms with Crippen LogP contribution in [0.2, 0.25) is 0 Å². The van der Waals surface area contributed by atoms with Gasteiger partial charge in [0.15, 0.2) is 23.2 Å². The van der Waals surface area contributed by atoms with Crippen LogP contribution in [0.25, 0.3) is 50.3 Å². The molecular weight excluding hydrogens is 719 g/mol. The van der Waals surface area contributed by atoms with E-state index in [1.165, 1.54) is 41.5 Å². The SMILES string of the molecule is [C-]#[N+]c1cc(-c2nc(-c3ccc(C(C)C)cc3)nc(-c3ccc(C(C)C)cc3)n2)cnc1-c1[c-]cc2c(c1)C1CCC2C1.[Ir]. The van der Waals surface area contributed by atoms with Gasteiger partial charge in [-0.3, -0.25) is 0 Å². The fraction of sp³-hybridized carbons (Fsp3) is 0.289. The molecule has 5 aromatic rings. The van der Waals surface area contributed by atoms with Gasteiger partial charge in [0.1, 0.15) is 0 Å². The largest absolute Gasteiger partial charge is 0.316 e. The molecule has 0 saturated heterocycles. The van der Waals surface area contributed by atoms with Gasteiger partial charge in [-0.1, -0.05) is 88.7 Å². The Morgan fingerprint density at radius 3 is 1.77 bits per heavy atom. The first-order chi connectivity index (χ1) is 20.9. The number of hydrogen-bond acceptors (Lipinski definition) is 4. The van der Waals surface area contributed by atoms with Crippen LogP contribution in [0, 0.1) is 12.6 Å². The number of pyridine rings is 1. The molecule has 44 heavy (non-hydrogen) atoms. The van der Waals surface area contributed by atoms with Gasteiger partial charge in [0.05, 0.1) is 6.57 Å². The number of nitrogens with zero attached hydrogens (tertiary/aromatic N) is 5. The van der Waals surface area contributed by atoms with Crippen LogP contribution in [-0.2, 0) is 20.1 Å². The molecule has 0 amide bonds. The average Bonchev–Trinajstić information content (AvgIpc) is 3.67. The summed E-state index contributed by atoms with van der Waals surface area (Å²) in [7, 11) is 0. The van der Waals surface area contributed by atoms with Crippen LogP contribution in [0.5, 0.6) is 0 Å². The van der Waals surface area contributed by atoms with Gasteiger partial charge in [-0.15, -0.1) is 34.9 Å². The van der Waals surface area contributed by atoms with Crippen LogP contribution in [0.1, 0.15) is 92.9 Å². The second kappa shape index (κ2) is 12.2. The summed E-state index contributed by atoms with van der Waals surface area (Å²) in [6.07, 6.45) is 5.57. The van der Waals surface area contributed by atoms with Crippen molar-refractivity contribution in [1.82, 2.24) is 19.9 Å². The Hall–Kier alpha value is -4.04. The first-order valence-electron chi connectivity index (χ1n) is 15.3. The molecule has 2 heterocycles. The normalized spacial score (nSPS) is 16.6. The summed E-state index contributed by atoms with van der Waals surface area (Å²) in [4.78, 5) is 23.4. The number of fused-ring (bicyclic) bond motifs is 5. The van der Waals surface area contributed by atoms with Gasteiger partial charge in [-0.25, -0.2) is 19.8 Å². The molecule has 7 rings (SSSR count). The zero-order valence-electron chi connectivity index (χ0n) is 25.4. The fourth-order valence-electron chi connectivity index (χ4n) is 6.58. The maximum absolute atomic E-state index is 8.01. The smallest absolute Gasteiger partial charge is 0.173 e. The van der Waals surface area contributed by atoms with Crippen molar-refractivity contribution in [3.8, 4) is 45.4 Å². The maximum Gasteiger partial charge on any atom is 0.173 e. The van der Waals surface area contributed by atoms with E-state index < -0.39 is 0 Å². The summed E-state index contributed by atoms with van der Waals surface area (Å²) in [5.41, 5.74) is 9.94. The molecule has 3 aromatic carbocycles. The van der Waals surface area contributed by atoms with Crippen molar-refractivity contribution in [2.45, 2.75) is 70.6 Å². The van der Waals surface area contributed by atoms with E-state index >= 15 is 0 Å². The fourth-order valence-corrected chi connectivity index (χ4v) is 6.58. The monoisotopic (exact) mass is 753 g/mol. The summed E-state index contributed by atoms with van der Waals surface area (Å²) < 4.78 is 0. The molecular formula is C38H34IrN5-. The molecule has 0 aliphatic heterocycles. The van der Waals surface area contributed by atoms with E-state index in [9.17, 15) is 0 Å². The number of rotatable bonds is 6. The molecule has 6 heteroatoms. The van der Waals surface area contributed by atoms with Gasteiger partial charge < -0.3 is 4.98 Å². The van der Waals surface area contributed by atoms with E-state index in [-0.39, 0.29) is 20.1 Å². The van der Waals surface area contributed by atoms with E-state index in [1.807, 2.05) is 6.07 Å². The minimum atomic E-state index is 0. The molecule has 2 aliphatic rings. The first kappa shape index (κ1) is 30.0. The standard InChI is InChI=1S/C38H34N5.Ir/c1-22(2)24-6-10-26(11-7-24)36-41-37(27-12-8-25(9-13-27)23(3)4)43-38(42-36)31-20-34(39-5)35(40-21-31)30-16-17-32-28-14-15-29(18-28)33(32)19-30;/h6-13,17,19-23,28-29H,14-15,18H2,1-4H3;/q-1;. The summed E-state index contributed by atoms with van der Waals surface area (Å²) in [6.45, 7) is 16.8. The van der Waals surface area contributed by atoms with Crippen LogP contribution in [0.15, 0.2) is 72.9 Å². The van der Waals surface area contributed by atoms with Crippen LogP contribution in [0.4, 0.5) is 5.69 Å². The Morgan fingerprint density at radius 2 is 1.25 bits per heavy atom. The van der Waals surface area contributed by atoms with E-state index in [0.717, 1.165) is 16.7 Å². The molecule has 2 aromatic heterocycles. The molecule has 0 spiro atoms. The van der Waals surface area contributed by atoms with Gasteiger partial charge in [0.25, 0.3) is 0 Å². The zero-order chi connectivity index (χ0) is 29.7. The number of hydrogen-bond donors (Lipinski definition) is 0. The quantitative estimate of drug-likeness (QED) is 0.162.